The maximum atomic E-state index is 2.12. The van der Waals surface area contributed by atoms with Crippen molar-refractivity contribution in [1.82, 2.24) is 0 Å². The molecule has 0 aliphatic carbocycles. The molecule has 0 aliphatic rings. The van der Waals surface area contributed by atoms with Crippen LogP contribution in [0.25, 0.3) is 0 Å². The fraction of sp³-hybridized carbons (Fsp3) is 0.667. The third-order valence-electron chi connectivity index (χ3n) is 0.204. The fourth-order valence-electron chi connectivity index (χ4n) is 0. The Kier molecular flexibility index (Phi) is 4.11. The molecule has 0 fully saturated rings. The summed E-state index contributed by atoms with van der Waals surface area (Å²) in [6.07, 6.45) is 1.19. The second-order valence-electron chi connectivity index (χ2n) is 0.612. The van der Waals surface area contributed by atoms with Crippen LogP contribution in [0.3, 0.4) is 0 Å². The van der Waals surface area contributed by atoms with Gasteiger partial charge in [0, 0.05) is 0 Å². The van der Waals surface area contributed by atoms with Gasteiger partial charge in [-0.1, -0.05) is 0 Å². The van der Waals surface area contributed by atoms with Gasteiger partial charge in [0.25, 0.3) is 0 Å². The summed E-state index contributed by atoms with van der Waals surface area (Å²) in [5.41, 5.74) is 0. The Bertz CT molecular complexity index is 17.2. The summed E-state index contributed by atoms with van der Waals surface area (Å²) in [4.78, 5) is 0. The molecule has 0 nitrogen and oxygen atoms in total. The van der Waals surface area contributed by atoms with E-state index in [9.17, 15) is 0 Å². The van der Waals surface area contributed by atoms with E-state index < -0.39 is 0 Å². The molecular weight excluding hydrogens is 83.9 g/mol. The van der Waals surface area contributed by atoms with Crippen molar-refractivity contribution in [3.8, 4) is 0 Å². The van der Waals surface area contributed by atoms with Crippen molar-refractivity contribution < 1.29 is 20.0 Å². The molecule has 0 unspecified atom stereocenters. The second-order valence-corrected chi connectivity index (χ2v) is 1.25. The van der Waals surface area contributed by atoms with Gasteiger partial charge in [-0.15, -0.1) is 0 Å². The van der Waals surface area contributed by atoms with Gasteiger partial charge >= 0.3 is 37.6 Å². The van der Waals surface area contributed by atoms with Crippen molar-refractivity contribution in [2.24, 2.45) is 0 Å². The topological polar surface area (TPSA) is 0 Å². The van der Waals surface area contributed by atoms with Crippen LogP contribution < -0.4 is 0 Å². The van der Waals surface area contributed by atoms with Gasteiger partial charge in [-0.3, -0.25) is 0 Å². The van der Waals surface area contributed by atoms with Crippen LogP contribution in [0, 0.1) is 0 Å². The molecule has 4 heavy (non-hydrogen) atoms. The van der Waals surface area contributed by atoms with Crippen molar-refractivity contribution in [2.45, 2.75) is 13.3 Å². The fourth-order valence-corrected chi connectivity index (χ4v) is 0. The normalized spacial score (nSPS) is 6.00. The number of hydrogen-bond acceptors (Lipinski definition) is 0. The van der Waals surface area contributed by atoms with E-state index in [2.05, 4.69) is 31.2 Å². The van der Waals surface area contributed by atoms with Gasteiger partial charge < -0.3 is 0 Å². The summed E-state index contributed by atoms with van der Waals surface area (Å²) in [7, 11) is 0. The molecule has 0 spiro atoms. The van der Waals surface area contributed by atoms with E-state index in [4.69, 9.17) is 0 Å². The first-order valence-corrected chi connectivity index (χ1v) is 2.31. The molecule has 1 heteroatoms. The van der Waals surface area contributed by atoms with Gasteiger partial charge in [-0.2, -0.15) is 0 Å². The molecule has 0 N–H and O–H groups in total. The number of hydrogen-bond donors (Lipinski definition) is 0. The molecule has 0 atom stereocenters. The van der Waals surface area contributed by atoms with Crippen LogP contribution in [0.15, 0.2) is 0 Å². The molecule has 0 aromatic heterocycles. The molecule has 0 heterocycles. The predicted octanol–water partition coefficient (Wildman–Crippen LogP) is 0.745. The van der Waals surface area contributed by atoms with Crippen LogP contribution in [-0.2, 0) is 20.0 Å². The van der Waals surface area contributed by atoms with E-state index in [0.29, 0.717) is 0 Å². The molecule has 0 radical (unpaired) electrons. The average Bonchev–Trinajstić information content (AvgIpc) is 1.37. The Balaban J connectivity index is 2.30. The molecule has 0 rings (SSSR count). The van der Waals surface area contributed by atoms with Gasteiger partial charge in [-0.25, -0.2) is 0 Å². The SMILES string of the molecule is CC[CH]=[Ti]. The van der Waals surface area contributed by atoms with Crippen molar-refractivity contribution in [1.29, 1.82) is 0 Å². The molecular formula is C3H6Ti. The first kappa shape index (κ1) is 4.58. The van der Waals surface area contributed by atoms with Crippen molar-refractivity contribution in [3.63, 3.8) is 0 Å². The van der Waals surface area contributed by atoms with Crippen molar-refractivity contribution in [2.75, 3.05) is 0 Å². The Morgan fingerprint density at radius 1 is 2.00 bits per heavy atom. The van der Waals surface area contributed by atoms with Gasteiger partial charge in [0.15, 0.2) is 0 Å². The summed E-state index contributed by atoms with van der Waals surface area (Å²) < 4.78 is 2.12. The standard InChI is InChI=1S/C3H6.Ti/c1-3-2;/h1H,3H2,2H3;. The number of rotatable bonds is 1. The van der Waals surface area contributed by atoms with E-state index >= 15 is 0 Å². The summed E-state index contributed by atoms with van der Waals surface area (Å²) >= 11 is 2.06. The Morgan fingerprint density at radius 3 is 2.25 bits per heavy atom. The summed E-state index contributed by atoms with van der Waals surface area (Å²) in [5, 5.41) is 0. The molecule has 0 aromatic rings. The minimum atomic E-state index is 1.19. The van der Waals surface area contributed by atoms with E-state index in [0.717, 1.165) is 0 Å². The Labute approximate surface area is 38.1 Å². The van der Waals surface area contributed by atoms with Crippen LogP contribution in [0.2, 0.25) is 0 Å². The zero-order valence-corrected chi connectivity index (χ0v) is 4.35. The first-order valence-electron chi connectivity index (χ1n) is 1.40. The Morgan fingerprint density at radius 2 is 2.25 bits per heavy atom. The zero-order valence-electron chi connectivity index (χ0n) is 2.78. The Hall–Kier alpha value is 0.584. The monoisotopic (exact) mass is 90.0 g/mol. The van der Waals surface area contributed by atoms with Gasteiger partial charge in [0.05, 0.1) is 0 Å². The van der Waals surface area contributed by atoms with Crippen molar-refractivity contribution >= 4 is 4.31 Å². The first-order chi connectivity index (χ1) is 1.91. The van der Waals surface area contributed by atoms with E-state index in [1.54, 1.807) is 0 Å². The minimum absolute atomic E-state index is 1.19. The zero-order chi connectivity index (χ0) is 3.41. The molecule has 0 saturated heterocycles. The molecule has 0 bridgehead atoms. The molecule has 0 aliphatic heterocycles. The summed E-state index contributed by atoms with van der Waals surface area (Å²) in [6.45, 7) is 2.12. The predicted molar refractivity (Wildman–Crippen MR) is 16.4 cm³/mol. The molecule has 0 amide bonds. The van der Waals surface area contributed by atoms with Gasteiger partial charge in [0.2, 0.25) is 0 Å². The van der Waals surface area contributed by atoms with Gasteiger partial charge in [0.1, 0.15) is 0 Å². The molecule has 0 aromatic carbocycles. The van der Waals surface area contributed by atoms with Crippen LogP contribution in [-0.4, -0.2) is 4.31 Å². The summed E-state index contributed by atoms with van der Waals surface area (Å²) in [6, 6.07) is 0. The van der Waals surface area contributed by atoms with Crippen LogP contribution >= 0.6 is 0 Å². The van der Waals surface area contributed by atoms with Crippen LogP contribution in [0.4, 0.5) is 0 Å². The third-order valence-corrected chi connectivity index (χ3v) is 0.842. The van der Waals surface area contributed by atoms with Crippen LogP contribution in [0.1, 0.15) is 13.3 Å². The van der Waals surface area contributed by atoms with E-state index in [1.165, 1.54) is 6.42 Å². The molecule has 0 saturated carbocycles. The quantitative estimate of drug-likeness (QED) is 0.416. The van der Waals surface area contributed by atoms with Crippen LogP contribution in [0.5, 0.6) is 0 Å². The maximum absolute atomic E-state index is 2.12. The third kappa shape index (κ3) is 2.58. The van der Waals surface area contributed by atoms with Gasteiger partial charge in [-0.05, 0) is 0 Å². The average molecular weight is 89.9 g/mol. The molecule has 22 valence electrons. The second kappa shape index (κ2) is 3.58. The van der Waals surface area contributed by atoms with E-state index in [1.807, 2.05) is 0 Å². The summed E-state index contributed by atoms with van der Waals surface area (Å²) in [5.74, 6) is 0. The van der Waals surface area contributed by atoms with Crippen molar-refractivity contribution in [3.05, 3.63) is 0 Å². The van der Waals surface area contributed by atoms with E-state index in [-0.39, 0.29) is 0 Å².